The second-order valence-electron chi connectivity index (χ2n) is 12.9. The lowest BCUT2D eigenvalue weighted by molar-refractivity contribution is -0.126. The van der Waals surface area contributed by atoms with Crippen LogP contribution in [0.4, 0.5) is 27.8 Å². The van der Waals surface area contributed by atoms with Crippen LogP contribution in [0, 0.1) is 17.8 Å². The number of hydrogen-bond acceptors (Lipinski definition) is 7. The lowest BCUT2D eigenvalue weighted by Crippen LogP contribution is -2.54. The number of ether oxygens (including phenoxy) is 1. The van der Waals surface area contributed by atoms with Crippen molar-refractivity contribution in [2.24, 2.45) is 23.5 Å². The monoisotopic (exact) mass is 638 g/mol. The molecule has 0 bridgehead atoms. The van der Waals surface area contributed by atoms with Gasteiger partial charge in [-0.3, -0.25) is 9.69 Å². The average Bonchev–Trinajstić information content (AvgIpc) is 3.31. The maximum absolute atomic E-state index is 15.8. The minimum Gasteiger partial charge on any atom is -0.462 e. The number of allylic oxidation sites excluding steroid dienone is 4. The predicted molar refractivity (Wildman–Crippen MR) is 161 cm³/mol. The summed E-state index contributed by atoms with van der Waals surface area (Å²) in [6.45, 7) is 10.6. The summed E-state index contributed by atoms with van der Waals surface area (Å²) in [7, 11) is 1.82. The SMILES string of the molecule is C=CC(=O)N1CCN(c2nc(OC[C@@H]3C[C@@H](F)CN3C)nc3c2C[C@@H](CC)[C@H](C2C(C(F)(F)F)=C(C)C=C(N)C2F)C3)[C@@H](C)C1. The molecule has 4 aliphatic rings. The summed E-state index contributed by atoms with van der Waals surface area (Å²) in [5.74, 6) is -2.05. The Balaban J connectivity index is 1.54. The maximum Gasteiger partial charge on any atom is 0.413 e. The Hall–Kier alpha value is -3.22. The molecule has 0 saturated carbocycles. The molecule has 0 spiro atoms. The van der Waals surface area contributed by atoms with Crippen LogP contribution in [0.25, 0.3) is 0 Å². The molecule has 2 aliphatic carbocycles. The van der Waals surface area contributed by atoms with E-state index in [0.717, 1.165) is 11.6 Å². The molecule has 2 saturated heterocycles. The molecule has 248 valence electrons. The van der Waals surface area contributed by atoms with Gasteiger partial charge in [0.15, 0.2) is 0 Å². The molecular weight excluding hydrogens is 595 g/mol. The zero-order valence-corrected chi connectivity index (χ0v) is 26.3. The number of carbonyl (C=O) groups is 1. The first-order valence-electron chi connectivity index (χ1n) is 15.7. The van der Waals surface area contributed by atoms with Gasteiger partial charge in [0.05, 0.1) is 5.69 Å². The Morgan fingerprint density at radius 1 is 1.20 bits per heavy atom. The minimum atomic E-state index is -4.72. The molecule has 0 radical (unpaired) electrons. The number of nitrogens with zero attached hydrogens (tertiary/aromatic N) is 5. The first kappa shape index (κ1) is 33.2. The molecule has 45 heavy (non-hydrogen) atoms. The third-order valence-corrected chi connectivity index (χ3v) is 10.0. The highest BCUT2D eigenvalue weighted by atomic mass is 19.4. The number of hydrogen-bond donors (Lipinski definition) is 1. The van der Waals surface area contributed by atoms with Gasteiger partial charge in [-0.05, 0) is 69.7 Å². The normalized spacial score (nSPS) is 31.1. The zero-order chi connectivity index (χ0) is 32.8. The number of anilines is 1. The number of aromatic nitrogens is 2. The van der Waals surface area contributed by atoms with Crippen LogP contribution in [0.1, 0.15) is 44.9 Å². The second kappa shape index (κ2) is 12.9. The maximum atomic E-state index is 15.8. The summed E-state index contributed by atoms with van der Waals surface area (Å²) >= 11 is 0. The van der Waals surface area contributed by atoms with Crippen LogP contribution < -0.4 is 15.4 Å². The van der Waals surface area contributed by atoms with Crippen LogP contribution >= 0.6 is 0 Å². The number of likely N-dealkylation sites (N-methyl/N-ethyl adjacent to an activating group) is 1. The van der Waals surface area contributed by atoms with Crippen molar-refractivity contribution in [1.29, 1.82) is 0 Å². The molecule has 2 aliphatic heterocycles. The van der Waals surface area contributed by atoms with Gasteiger partial charge in [-0.15, -0.1) is 0 Å². The quantitative estimate of drug-likeness (QED) is 0.347. The Kier molecular flexibility index (Phi) is 9.49. The molecule has 2 fully saturated rings. The largest absolute Gasteiger partial charge is 0.462 e. The third kappa shape index (κ3) is 6.55. The van der Waals surface area contributed by atoms with Gasteiger partial charge >= 0.3 is 12.2 Å². The van der Waals surface area contributed by atoms with Crippen molar-refractivity contribution in [3.63, 3.8) is 0 Å². The van der Waals surface area contributed by atoms with Gasteiger partial charge in [0.25, 0.3) is 0 Å². The second-order valence-corrected chi connectivity index (χ2v) is 12.9. The number of alkyl halides is 5. The molecule has 1 aromatic heterocycles. The van der Waals surface area contributed by atoms with E-state index in [0.29, 0.717) is 57.0 Å². The Morgan fingerprint density at radius 3 is 2.53 bits per heavy atom. The van der Waals surface area contributed by atoms with Crippen LogP contribution in [0.2, 0.25) is 0 Å². The van der Waals surface area contributed by atoms with E-state index in [1.165, 1.54) is 13.0 Å². The van der Waals surface area contributed by atoms with E-state index >= 15 is 4.39 Å². The lowest BCUT2D eigenvalue weighted by atomic mass is 9.64. The van der Waals surface area contributed by atoms with Crippen molar-refractivity contribution in [3.05, 3.63) is 46.8 Å². The topological polar surface area (TPSA) is 87.8 Å². The summed E-state index contributed by atoms with van der Waals surface area (Å²) in [6, 6.07) is -0.270. The van der Waals surface area contributed by atoms with Crippen LogP contribution in [-0.4, -0.2) is 96.1 Å². The van der Waals surface area contributed by atoms with Crippen molar-refractivity contribution in [2.75, 3.05) is 44.7 Å². The first-order chi connectivity index (χ1) is 21.2. The summed E-state index contributed by atoms with van der Waals surface area (Å²) in [4.78, 5) is 27.5. The highest BCUT2D eigenvalue weighted by molar-refractivity contribution is 5.87. The number of fused-ring (bicyclic) bond motifs is 1. The van der Waals surface area contributed by atoms with Crippen molar-refractivity contribution in [1.82, 2.24) is 19.8 Å². The molecule has 2 unspecified atom stereocenters. The molecule has 7 atom stereocenters. The lowest BCUT2D eigenvalue weighted by Gasteiger charge is -2.44. The van der Waals surface area contributed by atoms with Gasteiger partial charge in [-0.1, -0.05) is 19.9 Å². The van der Waals surface area contributed by atoms with Gasteiger partial charge in [-0.2, -0.15) is 23.1 Å². The van der Waals surface area contributed by atoms with Crippen molar-refractivity contribution < 1.29 is 31.5 Å². The number of nitrogens with two attached hydrogens (primary N) is 1. The molecule has 0 aromatic carbocycles. The van der Waals surface area contributed by atoms with E-state index in [1.54, 1.807) is 4.90 Å². The molecule has 5 rings (SSSR count). The van der Waals surface area contributed by atoms with Gasteiger partial charge < -0.3 is 20.3 Å². The van der Waals surface area contributed by atoms with E-state index in [1.807, 2.05) is 25.8 Å². The zero-order valence-electron chi connectivity index (χ0n) is 26.3. The summed E-state index contributed by atoms with van der Waals surface area (Å²) in [5, 5.41) is 0. The fourth-order valence-corrected chi connectivity index (χ4v) is 7.69. The Labute approximate surface area is 261 Å². The molecule has 13 heteroatoms. The average molecular weight is 639 g/mol. The number of carbonyl (C=O) groups excluding carboxylic acids is 1. The number of likely N-dealkylation sites (tertiary alicyclic amines) is 1. The minimum absolute atomic E-state index is 0.0487. The standard InChI is InChI=1S/C32H43F5N6O2/c1-6-19-11-23-25(13-22(19)27-28(32(35,36)37)17(3)10-24(38)29(27)34)39-31(45-16-21-12-20(33)15-41(21)5)40-30(23)43-9-8-42(14-18(43)4)26(44)7-2/h7,10,18-22,27,29H,2,6,8-9,11-16,38H2,1,3-5H3/t18-,19+,20+,21-,22+,27?,29?/m0/s1. The van der Waals surface area contributed by atoms with Crippen LogP contribution in [0.3, 0.4) is 0 Å². The molecule has 8 nitrogen and oxygen atoms in total. The van der Waals surface area contributed by atoms with Gasteiger partial charge in [0, 0.05) is 61.0 Å². The summed E-state index contributed by atoms with van der Waals surface area (Å²) < 4.78 is 79.2. The molecule has 1 aromatic rings. The van der Waals surface area contributed by atoms with E-state index in [4.69, 9.17) is 20.4 Å². The molecule has 3 heterocycles. The van der Waals surface area contributed by atoms with Crippen LogP contribution in [-0.2, 0) is 17.6 Å². The van der Waals surface area contributed by atoms with E-state index in [9.17, 15) is 22.4 Å². The number of rotatable bonds is 7. The number of piperazine rings is 1. The van der Waals surface area contributed by atoms with Gasteiger partial charge in [-0.25, -0.2) is 8.78 Å². The fraction of sp³-hybridized carbons (Fsp3) is 0.656. The first-order valence-corrected chi connectivity index (χ1v) is 15.7. The highest BCUT2D eigenvalue weighted by Gasteiger charge is 2.51. The van der Waals surface area contributed by atoms with Gasteiger partial charge in [0.2, 0.25) is 5.91 Å². The Morgan fingerprint density at radius 2 is 1.93 bits per heavy atom. The predicted octanol–water partition coefficient (Wildman–Crippen LogP) is 4.55. The molecular formula is C32H43F5N6O2. The molecule has 2 N–H and O–H groups in total. The van der Waals surface area contributed by atoms with Crippen molar-refractivity contribution >= 4 is 11.7 Å². The fourth-order valence-electron chi connectivity index (χ4n) is 7.69. The van der Waals surface area contributed by atoms with Crippen LogP contribution in [0.5, 0.6) is 6.01 Å². The van der Waals surface area contributed by atoms with Crippen LogP contribution in [0.15, 0.2) is 35.6 Å². The third-order valence-electron chi connectivity index (χ3n) is 10.0. The summed E-state index contributed by atoms with van der Waals surface area (Å²) in [6.07, 6.45) is -4.01. The van der Waals surface area contributed by atoms with E-state index in [2.05, 4.69) is 11.5 Å². The smallest absolute Gasteiger partial charge is 0.413 e. The number of amides is 1. The highest BCUT2D eigenvalue weighted by Crippen LogP contribution is 2.50. The van der Waals surface area contributed by atoms with Crippen molar-refractivity contribution in [3.8, 4) is 6.01 Å². The number of halogens is 5. The van der Waals surface area contributed by atoms with E-state index in [-0.39, 0.29) is 54.2 Å². The van der Waals surface area contributed by atoms with Gasteiger partial charge in [0.1, 0.15) is 24.8 Å². The summed E-state index contributed by atoms with van der Waals surface area (Å²) in [5.41, 5.74) is 6.12. The van der Waals surface area contributed by atoms with E-state index < -0.39 is 35.9 Å². The Bertz CT molecular complexity index is 1370. The molecule has 1 amide bonds. The van der Waals surface area contributed by atoms with Crippen molar-refractivity contribution in [2.45, 2.75) is 77.1 Å².